The molecule has 1 aliphatic rings. The number of ether oxygens (including phenoxy) is 1. The van der Waals surface area contributed by atoms with Crippen molar-refractivity contribution in [3.63, 3.8) is 0 Å². The van der Waals surface area contributed by atoms with Crippen molar-refractivity contribution in [2.75, 3.05) is 20.2 Å². The normalized spacial score (nSPS) is 14.4. The Balaban J connectivity index is 1.81. The average Bonchev–Trinajstić information content (AvgIpc) is 2.81. The number of methoxy groups -OCH3 is 1. The number of aliphatic hydroxyl groups is 1. The molecule has 0 saturated heterocycles. The minimum absolute atomic E-state index is 0.00248. The van der Waals surface area contributed by atoms with Gasteiger partial charge in [-0.1, -0.05) is 12.1 Å². The fraction of sp³-hybridized carbons (Fsp3) is 0.300. The zero-order chi connectivity index (χ0) is 16.5. The van der Waals surface area contributed by atoms with E-state index in [4.69, 9.17) is 4.74 Å². The summed E-state index contributed by atoms with van der Waals surface area (Å²) in [4.78, 5) is 0. The molecule has 2 heterocycles. The molecule has 0 saturated carbocycles. The molecule has 0 amide bonds. The van der Waals surface area contributed by atoms with E-state index < -0.39 is 0 Å². The fourth-order valence-corrected chi connectivity index (χ4v) is 3.61. The molecule has 4 rings (SSSR count). The van der Waals surface area contributed by atoms with Gasteiger partial charge in [0.2, 0.25) is 0 Å². The van der Waals surface area contributed by atoms with E-state index in [1.165, 1.54) is 16.6 Å². The van der Waals surface area contributed by atoms with E-state index in [0.29, 0.717) is 0 Å². The van der Waals surface area contributed by atoms with E-state index in [9.17, 15) is 5.11 Å². The highest BCUT2D eigenvalue weighted by Gasteiger charge is 2.13. The SMILES string of the molecule is COc1ccc(-c2ccc3c(c2)cc2n3CCNCC2)c(CO)c1. The molecule has 4 nitrogen and oxygen atoms in total. The van der Waals surface area contributed by atoms with Gasteiger partial charge in [0, 0.05) is 42.7 Å². The lowest BCUT2D eigenvalue weighted by Crippen LogP contribution is -2.17. The molecule has 0 bridgehead atoms. The van der Waals surface area contributed by atoms with Gasteiger partial charge in [0.25, 0.3) is 0 Å². The number of aliphatic hydroxyl groups excluding tert-OH is 1. The van der Waals surface area contributed by atoms with Crippen LogP contribution in [0, 0.1) is 0 Å². The highest BCUT2D eigenvalue weighted by Crippen LogP contribution is 2.31. The zero-order valence-electron chi connectivity index (χ0n) is 13.9. The van der Waals surface area contributed by atoms with Gasteiger partial charge >= 0.3 is 0 Å². The molecule has 2 aromatic carbocycles. The number of hydrogen-bond donors (Lipinski definition) is 2. The van der Waals surface area contributed by atoms with E-state index in [0.717, 1.165) is 48.5 Å². The van der Waals surface area contributed by atoms with E-state index in [2.05, 4.69) is 34.1 Å². The Morgan fingerprint density at radius 1 is 1.12 bits per heavy atom. The Morgan fingerprint density at radius 3 is 2.88 bits per heavy atom. The number of hydrogen-bond acceptors (Lipinski definition) is 3. The zero-order valence-corrected chi connectivity index (χ0v) is 13.9. The van der Waals surface area contributed by atoms with Gasteiger partial charge in [-0.15, -0.1) is 0 Å². The Hall–Kier alpha value is -2.30. The second-order valence-electron chi connectivity index (χ2n) is 6.24. The Morgan fingerprint density at radius 2 is 2.04 bits per heavy atom. The van der Waals surface area contributed by atoms with Crippen molar-refractivity contribution < 1.29 is 9.84 Å². The summed E-state index contributed by atoms with van der Waals surface area (Å²) < 4.78 is 7.68. The maximum Gasteiger partial charge on any atom is 0.119 e. The predicted octanol–water partition coefficient (Wildman–Crippen LogP) is 2.95. The second kappa shape index (κ2) is 6.30. The molecule has 1 aromatic heterocycles. The molecule has 0 unspecified atom stereocenters. The van der Waals surface area contributed by atoms with Crippen molar-refractivity contribution in [1.82, 2.24) is 9.88 Å². The Bertz CT molecular complexity index is 883. The van der Waals surface area contributed by atoms with Crippen LogP contribution in [0.3, 0.4) is 0 Å². The highest BCUT2D eigenvalue weighted by molar-refractivity contribution is 5.87. The van der Waals surface area contributed by atoms with E-state index in [1.54, 1.807) is 7.11 Å². The summed E-state index contributed by atoms with van der Waals surface area (Å²) >= 11 is 0. The quantitative estimate of drug-likeness (QED) is 0.779. The summed E-state index contributed by atoms with van der Waals surface area (Å²) in [5, 5.41) is 14.4. The smallest absolute Gasteiger partial charge is 0.119 e. The molecule has 124 valence electrons. The molecule has 3 aromatic rings. The van der Waals surface area contributed by atoms with Crippen LogP contribution in [0.1, 0.15) is 11.3 Å². The van der Waals surface area contributed by atoms with Crippen molar-refractivity contribution in [2.24, 2.45) is 0 Å². The second-order valence-corrected chi connectivity index (χ2v) is 6.24. The summed E-state index contributed by atoms with van der Waals surface area (Å²) in [7, 11) is 1.64. The molecule has 24 heavy (non-hydrogen) atoms. The first-order chi connectivity index (χ1) is 11.8. The van der Waals surface area contributed by atoms with Crippen LogP contribution in [-0.2, 0) is 19.6 Å². The predicted molar refractivity (Wildman–Crippen MR) is 96.4 cm³/mol. The van der Waals surface area contributed by atoms with Crippen LogP contribution in [0.25, 0.3) is 22.0 Å². The minimum Gasteiger partial charge on any atom is -0.497 e. The first-order valence-corrected chi connectivity index (χ1v) is 8.41. The molecule has 1 aliphatic heterocycles. The van der Waals surface area contributed by atoms with Crippen LogP contribution in [0.2, 0.25) is 0 Å². The van der Waals surface area contributed by atoms with Gasteiger partial charge in [0.15, 0.2) is 0 Å². The van der Waals surface area contributed by atoms with Gasteiger partial charge in [0.1, 0.15) is 5.75 Å². The molecule has 4 heteroatoms. The van der Waals surface area contributed by atoms with Crippen molar-refractivity contribution in [1.29, 1.82) is 0 Å². The van der Waals surface area contributed by atoms with Gasteiger partial charge in [-0.3, -0.25) is 0 Å². The molecule has 0 aliphatic carbocycles. The highest BCUT2D eigenvalue weighted by atomic mass is 16.5. The maximum absolute atomic E-state index is 9.71. The Labute approximate surface area is 141 Å². The van der Waals surface area contributed by atoms with Gasteiger partial charge in [-0.25, -0.2) is 0 Å². The lowest BCUT2D eigenvalue weighted by molar-refractivity contribution is 0.281. The van der Waals surface area contributed by atoms with Gasteiger partial charge < -0.3 is 19.7 Å². The summed E-state index contributed by atoms with van der Waals surface area (Å²) in [5.41, 5.74) is 5.76. The fourth-order valence-electron chi connectivity index (χ4n) is 3.61. The van der Waals surface area contributed by atoms with Crippen molar-refractivity contribution >= 4 is 10.9 Å². The van der Waals surface area contributed by atoms with Crippen LogP contribution in [-0.4, -0.2) is 29.9 Å². The number of benzene rings is 2. The van der Waals surface area contributed by atoms with Crippen molar-refractivity contribution in [3.05, 3.63) is 53.7 Å². The summed E-state index contributed by atoms with van der Waals surface area (Å²) in [6.07, 6.45) is 1.06. The number of aromatic nitrogens is 1. The largest absolute Gasteiger partial charge is 0.497 e. The third-order valence-electron chi connectivity index (χ3n) is 4.85. The number of fused-ring (bicyclic) bond motifs is 3. The van der Waals surface area contributed by atoms with E-state index >= 15 is 0 Å². The standard InChI is InChI=1S/C20H22N2O2/c1-24-18-3-4-19(16(12-18)13-23)14-2-5-20-15(10-14)11-17-6-7-21-8-9-22(17)20/h2-5,10-12,21,23H,6-9,13H2,1H3. The lowest BCUT2D eigenvalue weighted by atomic mass is 9.98. The third kappa shape index (κ3) is 2.58. The summed E-state index contributed by atoms with van der Waals surface area (Å²) in [6.45, 7) is 3.08. The molecular weight excluding hydrogens is 300 g/mol. The monoisotopic (exact) mass is 322 g/mol. The Kier molecular flexibility index (Phi) is 4.00. The molecule has 0 radical (unpaired) electrons. The third-order valence-corrected chi connectivity index (χ3v) is 4.85. The number of rotatable bonds is 3. The molecule has 0 spiro atoms. The molecule has 0 atom stereocenters. The van der Waals surface area contributed by atoms with E-state index in [1.807, 2.05) is 18.2 Å². The first kappa shape index (κ1) is 15.2. The van der Waals surface area contributed by atoms with Crippen LogP contribution >= 0.6 is 0 Å². The van der Waals surface area contributed by atoms with Crippen LogP contribution in [0.5, 0.6) is 5.75 Å². The summed E-state index contributed by atoms with van der Waals surface area (Å²) in [6, 6.07) is 14.7. The van der Waals surface area contributed by atoms with E-state index in [-0.39, 0.29) is 6.61 Å². The maximum atomic E-state index is 9.71. The van der Waals surface area contributed by atoms with Gasteiger partial charge in [0.05, 0.1) is 13.7 Å². The van der Waals surface area contributed by atoms with Gasteiger partial charge in [-0.05, 0) is 47.0 Å². The van der Waals surface area contributed by atoms with Crippen molar-refractivity contribution in [2.45, 2.75) is 19.6 Å². The van der Waals surface area contributed by atoms with Crippen LogP contribution in [0.4, 0.5) is 0 Å². The lowest BCUT2D eigenvalue weighted by Gasteiger charge is -2.11. The minimum atomic E-state index is 0.00248. The molecule has 2 N–H and O–H groups in total. The van der Waals surface area contributed by atoms with Crippen molar-refractivity contribution in [3.8, 4) is 16.9 Å². The topological polar surface area (TPSA) is 46.4 Å². The summed E-state index contributed by atoms with van der Waals surface area (Å²) in [5.74, 6) is 0.770. The average molecular weight is 322 g/mol. The number of nitrogens with one attached hydrogen (secondary N) is 1. The molecule has 0 fully saturated rings. The van der Waals surface area contributed by atoms with Crippen LogP contribution < -0.4 is 10.1 Å². The van der Waals surface area contributed by atoms with Crippen LogP contribution in [0.15, 0.2) is 42.5 Å². The first-order valence-electron chi connectivity index (χ1n) is 8.41. The molecular formula is C20H22N2O2. The number of nitrogens with zero attached hydrogens (tertiary/aromatic N) is 1. The van der Waals surface area contributed by atoms with Gasteiger partial charge in [-0.2, -0.15) is 0 Å².